The Bertz CT molecular complexity index is 908. The third-order valence-electron chi connectivity index (χ3n) is 3.25. The zero-order valence-electron chi connectivity index (χ0n) is 10.7. The molecule has 0 atom stereocenters. The largest absolute Gasteiger partial charge is 0.360 e. The number of hydrogen-bond donors (Lipinski definition) is 1. The van der Waals surface area contributed by atoms with Gasteiger partial charge in [-0.05, 0) is 40.2 Å². The van der Waals surface area contributed by atoms with Crippen molar-refractivity contribution in [2.75, 3.05) is 0 Å². The highest BCUT2D eigenvalue weighted by Crippen LogP contribution is 2.27. The van der Waals surface area contributed by atoms with Crippen molar-refractivity contribution < 1.29 is 9.18 Å². The Morgan fingerprint density at radius 3 is 2.81 bits per heavy atom. The molecule has 0 radical (unpaired) electrons. The molecule has 0 aliphatic heterocycles. The minimum Gasteiger partial charge on any atom is -0.360 e. The van der Waals surface area contributed by atoms with Crippen LogP contribution < -0.4 is 0 Å². The fourth-order valence-electron chi connectivity index (χ4n) is 2.21. The van der Waals surface area contributed by atoms with Gasteiger partial charge in [0.05, 0.1) is 16.1 Å². The van der Waals surface area contributed by atoms with E-state index in [0.29, 0.717) is 22.0 Å². The number of aromatic nitrogens is 1. The molecule has 3 nitrogen and oxygen atoms in total. The fourth-order valence-corrected chi connectivity index (χ4v) is 2.65. The lowest BCUT2D eigenvalue weighted by atomic mass is 10.0. The van der Waals surface area contributed by atoms with E-state index in [1.807, 2.05) is 6.07 Å². The number of rotatable bonds is 2. The van der Waals surface area contributed by atoms with Crippen molar-refractivity contribution in [1.82, 2.24) is 4.98 Å². The molecule has 0 saturated heterocycles. The Balaban J connectivity index is 2.15. The molecule has 0 amide bonds. The Labute approximate surface area is 128 Å². The molecule has 3 aromatic rings. The molecule has 0 fully saturated rings. The molecule has 0 bridgehead atoms. The molecule has 0 aliphatic carbocycles. The second-order valence-electron chi connectivity index (χ2n) is 4.51. The maximum atomic E-state index is 13.6. The third-order valence-corrected chi connectivity index (χ3v) is 4.06. The van der Waals surface area contributed by atoms with Gasteiger partial charge in [0.2, 0.25) is 0 Å². The molecule has 2 aromatic carbocycles. The predicted molar refractivity (Wildman–Crippen MR) is 80.5 cm³/mol. The summed E-state index contributed by atoms with van der Waals surface area (Å²) < 4.78 is 13.7. The molecule has 21 heavy (non-hydrogen) atoms. The van der Waals surface area contributed by atoms with E-state index < -0.39 is 5.82 Å². The Morgan fingerprint density at radius 2 is 2.05 bits per heavy atom. The van der Waals surface area contributed by atoms with Crippen molar-refractivity contribution in [2.45, 2.75) is 0 Å². The highest BCUT2D eigenvalue weighted by molar-refractivity contribution is 9.10. The van der Waals surface area contributed by atoms with Crippen LogP contribution in [0.3, 0.4) is 0 Å². The summed E-state index contributed by atoms with van der Waals surface area (Å²) in [4.78, 5) is 15.5. The van der Waals surface area contributed by atoms with Crippen LogP contribution in [0.4, 0.5) is 4.39 Å². The van der Waals surface area contributed by atoms with Gasteiger partial charge < -0.3 is 4.98 Å². The summed E-state index contributed by atoms with van der Waals surface area (Å²) in [7, 11) is 0. The molecule has 0 unspecified atom stereocenters. The summed E-state index contributed by atoms with van der Waals surface area (Å²) in [5.41, 5.74) is 1.92. The normalized spacial score (nSPS) is 10.5. The minimum atomic E-state index is -0.479. The smallest absolute Gasteiger partial charge is 0.196 e. The van der Waals surface area contributed by atoms with Crippen LogP contribution in [0.5, 0.6) is 0 Å². The first-order valence-electron chi connectivity index (χ1n) is 6.12. The highest BCUT2D eigenvalue weighted by Gasteiger charge is 2.18. The van der Waals surface area contributed by atoms with Crippen LogP contribution in [0.25, 0.3) is 10.9 Å². The number of nitriles is 1. The summed E-state index contributed by atoms with van der Waals surface area (Å²) >= 11 is 3.10. The van der Waals surface area contributed by atoms with Crippen LogP contribution >= 0.6 is 15.9 Å². The molecule has 3 rings (SSSR count). The maximum absolute atomic E-state index is 13.6. The monoisotopic (exact) mass is 342 g/mol. The first-order valence-corrected chi connectivity index (χ1v) is 6.91. The van der Waals surface area contributed by atoms with Crippen LogP contribution in [0.2, 0.25) is 0 Å². The summed E-state index contributed by atoms with van der Waals surface area (Å²) in [6, 6.07) is 11.4. The van der Waals surface area contributed by atoms with E-state index in [0.717, 1.165) is 0 Å². The topological polar surface area (TPSA) is 56.6 Å². The lowest BCUT2D eigenvalue weighted by Gasteiger charge is -2.03. The molecule has 0 spiro atoms. The second kappa shape index (κ2) is 5.15. The number of nitrogens with zero attached hydrogens (tertiary/aromatic N) is 1. The van der Waals surface area contributed by atoms with E-state index in [-0.39, 0.29) is 15.8 Å². The zero-order valence-corrected chi connectivity index (χ0v) is 12.2. The van der Waals surface area contributed by atoms with Crippen molar-refractivity contribution in [3.05, 3.63) is 69.6 Å². The van der Waals surface area contributed by atoms with Crippen molar-refractivity contribution in [3.63, 3.8) is 0 Å². The number of carbonyl (C=O) groups excluding carboxylic acids is 1. The van der Waals surface area contributed by atoms with Gasteiger partial charge in [0.1, 0.15) is 5.82 Å². The van der Waals surface area contributed by atoms with Gasteiger partial charge in [0.25, 0.3) is 0 Å². The van der Waals surface area contributed by atoms with Gasteiger partial charge in [-0.2, -0.15) is 5.26 Å². The summed E-state index contributed by atoms with van der Waals surface area (Å²) in [6.07, 6.45) is 1.57. The van der Waals surface area contributed by atoms with Crippen molar-refractivity contribution in [2.24, 2.45) is 0 Å². The van der Waals surface area contributed by atoms with Crippen LogP contribution in [0.1, 0.15) is 21.5 Å². The van der Waals surface area contributed by atoms with Gasteiger partial charge in [-0.3, -0.25) is 4.79 Å². The molecule has 5 heteroatoms. The van der Waals surface area contributed by atoms with Crippen molar-refractivity contribution >= 4 is 32.6 Å². The summed E-state index contributed by atoms with van der Waals surface area (Å²) in [6.45, 7) is 0. The number of fused-ring (bicyclic) bond motifs is 1. The summed E-state index contributed by atoms with van der Waals surface area (Å²) in [5.74, 6) is -0.759. The number of nitrogens with one attached hydrogen (secondary N) is 1. The zero-order chi connectivity index (χ0) is 15.0. The van der Waals surface area contributed by atoms with Gasteiger partial charge >= 0.3 is 0 Å². The first kappa shape index (κ1) is 13.5. The van der Waals surface area contributed by atoms with E-state index in [1.54, 1.807) is 30.5 Å². The Kier molecular flexibility index (Phi) is 3.32. The average molecular weight is 343 g/mol. The van der Waals surface area contributed by atoms with E-state index >= 15 is 0 Å². The van der Waals surface area contributed by atoms with Crippen molar-refractivity contribution in [1.29, 1.82) is 5.26 Å². The number of carbonyl (C=O) groups is 1. The molecular weight excluding hydrogens is 335 g/mol. The van der Waals surface area contributed by atoms with Crippen LogP contribution in [0, 0.1) is 17.1 Å². The summed E-state index contributed by atoms with van der Waals surface area (Å²) in [5, 5.41) is 9.58. The molecule has 0 aliphatic rings. The quantitative estimate of drug-likeness (QED) is 0.710. The number of aromatic amines is 1. The molecule has 1 N–H and O–H groups in total. The number of H-pyrrole nitrogens is 1. The lowest BCUT2D eigenvalue weighted by molar-refractivity contribution is 0.103. The van der Waals surface area contributed by atoms with Crippen LogP contribution in [0.15, 0.2) is 47.1 Å². The van der Waals surface area contributed by atoms with E-state index in [9.17, 15) is 9.18 Å². The third kappa shape index (κ3) is 2.24. The molecule has 0 saturated carbocycles. The highest BCUT2D eigenvalue weighted by atomic mass is 79.9. The van der Waals surface area contributed by atoms with Crippen LogP contribution in [-0.2, 0) is 0 Å². The average Bonchev–Trinajstić information content (AvgIpc) is 2.92. The number of hydrogen-bond acceptors (Lipinski definition) is 2. The number of benzene rings is 2. The van der Waals surface area contributed by atoms with Crippen LogP contribution in [-0.4, -0.2) is 10.8 Å². The van der Waals surface area contributed by atoms with Gasteiger partial charge in [-0.1, -0.05) is 12.1 Å². The van der Waals surface area contributed by atoms with E-state index in [2.05, 4.69) is 20.9 Å². The van der Waals surface area contributed by atoms with Gasteiger partial charge in [-0.15, -0.1) is 0 Å². The van der Waals surface area contributed by atoms with Gasteiger partial charge in [0.15, 0.2) is 5.78 Å². The SMILES string of the molecule is N#Cc1ccc2c(C(=O)c3cccc(F)c3Br)c[nH]c2c1. The van der Waals surface area contributed by atoms with Gasteiger partial charge in [-0.25, -0.2) is 4.39 Å². The van der Waals surface area contributed by atoms with E-state index in [1.165, 1.54) is 12.1 Å². The molecule has 1 heterocycles. The standard InChI is InChI=1S/C16H8BrFN2O/c17-15-11(2-1-3-13(15)18)16(21)12-8-20-14-6-9(7-19)4-5-10(12)14/h1-6,8,20H. The number of ketones is 1. The fraction of sp³-hybridized carbons (Fsp3) is 0. The Morgan fingerprint density at radius 1 is 1.24 bits per heavy atom. The minimum absolute atomic E-state index is 0.151. The molecular formula is C16H8BrFN2O. The molecule has 102 valence electrons. The second-order valence-corrected chi connectivity index (χ2v) is 5.30. The predicted octanol–water partition coefficient (Wildman–Crippen LogP) is 4.17. The molecule has 1 aromatic heterocycles. The van der Waals surface area contributed by atoms with Crippen molar-refractivity contribution in [3.8, 4) is 6.07 Å². The van der Waals surface area contributed by atoms with E-state index in [4.69, 9.17) is 5.26 Å². The first-order chi connectivity index (χ1) is 10.1. The lowest BCUT2D eigenvalue weighted by Crippen LogP contribution is -2.02. The van der Waals surface area contributed by atoms with Gasteiger partial charge in [0, 0.05) is 28.2 Å². The Hall–Kier alpha value is -2.45. The maximum Gasteiger partial charge on any atom is 0.196 e. The number of halogens is 2.